The van der Waals surface area contributed by atoms with Crippen molar-refractivity contribution in [2.24, 2.45) is 0 Å². The number of benzene rings is 6. The van der Waals surface area contributed by atoms with E-state index < -0.39 is 0 Å². The van der Waals surface area contributed by atoms with Crippen molar-refractivity contribution in [2.75, 3.05) is 10.6 Å². The first-order valence-corrected chi connectivity index (χ1v) is 16.1. The van der Waals surface area contributed by atoms with Gasteiger partial charge in [-0.1, -0.05) is 0 Å². The van der Waals surface area contributed by atoms with Crippen molar-refractivity contribution in [1.29, 1.82) is 0 Å². The van der Waals surface area contributed by atoms with Crippen LogP contribution in [0.25, 0.3) is 33.4 Å². The molecule has 6 aromatic rings. The SMILES string of the molecule is B=CC1c2cc(Nc3cccc(-c4ccc5c(c4)CC5)c3)ccc2-c2ccc(Nc3cccc(-c4ccc5c(c4)CC5)c3)cc21. The summed E-state index contributed by atoms with van der Waals surface area (Å²) in [6.45, 7) is 0. The van der Waals surface area contributed by atoms with Gasteiger partial charge in [0.25, 0.3) is 0 Å². The molecule has 0 fully saturated rings. The Balaban J connectivity index is 0.963. The van der Waals surface area contributed by atoms with Crippen LogP contribution in [0.5, 0.6) is 0 Å². The van der Waals surface area contributed by atoms with E-state index in [4.69, 9.17) is 0 Å². The summed E-state index contributed by atoms with van der Waals surface area (Å²) >= 11 is 0. The van der Waals surface area contributed by atoms with Gasteiger partial charge < -0.3 is 0 Å². The average molecular weight is 577 g/mol. The van der Waals surface area contributed by atoms with Crippen LogP contribution in [0.1, 0.15) is 39.3 Å². The fourth-order valence-electron chi connectivity index (χ4n) is 7.34. The molecule has 214 valence electrons. The molecule has 3 aliphatic carbocycles. The number of hydrogen-bond donors (Lipinski definition) is 2. The Morgan fingerprint density at radius 3 is 1.31 bits per heavy atom. The minimum absolute atomic E-state index is 0.140. The third-order valence-corrected chi connectivity index (χ3v) is 10.0. The van der Waals surface area contributed by atoms with Gasteiger partial charge in [-0.3, -0.25) is 0 Å². The summed E-state index contributed by atoms with van der Waals surface area (Å²) in [5.74, 6) is 2.22. The minimum atomic E-state index is 0.140. The molecule has 9 rings (SSSR count). The zero-order valence-electron chi connectivity index (χ0n) is 25.2. The van der Waals surface area contributed by atoms with Gasteiger partial charge in [0.1, 0.15) is 0 Å². The van der Waals surface area contributed by atoms with Crippen LogP contribution in [0.2, 0.25) is 0 Å². The van der Waals surface area contributed by atoms with Crippen LogP contribution in [0, 0.1) is 0 Å². The second-order valence-corrected chi connectivity index (χ2v) is 12.7. The van der Waals surface area contributed by atoms with Gasteiger partial charge in [-0.05, 0) is 36.8 Å². The molecule has 0 heterocycles. The van der Waals surface area contributed by atoms with Gasteiger partial charge >= 0.3 is 230 Å². The van der Waals surface area contributed by atoms with Gasteiger partial charge in [0.2, 0.25) is 0 Å². The van der Waals surface area contributed by atoms with Gasteiger partial charge in [-0.15, -0.1) is 0 Å². The fraction of sp³-hybridized carbons (Fsp3) is 0.119. The van der Waals surface area contributed by atoms with Crippen molar-refractivity contribution in [2.45, 2.75) is 31.6 Å². The molecule has 3 aliphatic rings. The van der Waals surface area contributed by atoms with E-state index >= 15 is 0 Å². The standard InChI is InChI=1S/C42H33BN2/c43-25-42-40-23-36(44-34-5-1-3-28(21-34)32-13-9-26-7-11-30(26)19-32)15-17-38(40)39-18-16-37(24-41(39)42)45-35-6-2-4-29(22-35)33-14-10-27-8-12-31(27)20-33/h1-6,9-10,13-25,42-45H,7-8,11-12H2. The molecule has 0 atom stereocenters. The van der Waals surface area contributed by atoms with E-state index in [1.54, 1.807) is 0 Å². The summed E-state index contributed by atoms with van der Waals surface area (Å²) in [6.07, 6.45) is 4.83. The maximum absolute atomic E-state index is 4.25. The molecule has 2 nitrogen and oxygen atoms in total. The van der Waals surface area contributed by atoms with E-state index in [-0.39, 0.29) is 5.92 Å². The molecular weight excluding hydrogens is 543 g/mol. The first kappa shape index (κ1) is 26.3. The summed E-state index contributed by atoms with van der Waals surface area (Å²) < 4.78 is 0. The molecule has 0 unspecified atom stereocenters. The summed E-state index contributed by atoms with van der Waals surface area (Å²) in [4.78, 5) is 0. The van der Waals surface area contributed by atoms with Gasteiger partial charge in [0.15, 0.2) is 0 Å². The Labute approximate surface area is 265 Å². The fourth-order valence-corrected chi connectivity index (χ4v) is 7.34. The van der Waals surface area contributed by atoms with Crippen molar-refractivity contribution in [3.8, 4) is 33.4 Å². The number of aryl methyl sites for hydroxylation is 4. The van der Waals surface area contributed by atoms with Crippen molar-refractivity contribution in [3.05, 3.63) is 155 Å². The van der Waals surface area contributed by atoms with E-state index in [0.29, 0.717) is 0 Å². The summed E-state index contributed by atoms with van der Waals surface area (Å²) in [5, 5.41) is 7.36. The molecule has 6 aromatic carbocycles. The molecule has 0 spiro atoms. The molecule has 0 bridgehead atoms. The molecule has 2 N–H and O–H groups in total. The summed E-state index contributed by atoms with van der Waals surface area (Å²) in [6, 6.07) is 44.8. The molecule has 0 amide bonds. The normalized spacial score (nSPS) is 13.8. The Morgan fingerprint density at radius 2 is 0.889 bits per heavy atom. The van der Waals surface area contributed by atoms with Crippen LogP contribution in [0.3, 0.4) is 0 Å². The summed E-state index contributed by atoms with van der Waals surface area (Å²) in [5.41, 5.74) is 20.6. The van der Waals surface area contributed by atoms with E-state index in [9.17, 15) is 0 Å². The Morgan fingerprint density at radius 1 is 0.444 bits per heavy atom. The molecule has 45 heavy (non-hydrogen) atoms. The number of fused-ring (bicyclic) bond motifs is 5. The van der Waals surface area contributed by atoms with E-state index in [0.717, 1.165) is 22.7 Å². The molecule has 0 aromatic heterocycles. The first-order chi connectivity index (χ1) is 22.2. The van der Waals surface area contributed by atoms with Gasteiger partial charge in [0.05, 0.1) is 0 Å². The second-order valence-electron chi connectivity index (χ2n) is 12.7. The zero-order chi connectivity index (χ0) is 29.9. The molecule has 0 saturated carbocycles. The topological polar surface area (TPSA) is 24.1 Å². The number of nitrogens with one attached hydrogen (secondary N) is 2. The van der Waals surface area contributed by atoms with Crippen molar-refractivity contribution < 1.29 is 0 Å². The number of hydrogen-bond acceptors (Lipinski definition) is 2. The monoisotopic (exact) mass is 576 g/mol. The van der Waals surface area contributed by atoms with Gasteiger partial charge in [-0.2, -0.15) is 0 Å². The second kappa shape index (κ2) is 10.5. The Bertz CT molecular complexity index is 2010. The molecule has 0 saturated heterocycles. The molecule has 0 aliphatic heterocycles. The van der Waals surface area contributed by atoms with E-state index in [1.807, 2.05) is 0 Å². The molecule has 0 radical (unpaired) electrons. The first-order valence-electron chi connectivity index (χ1n) is 16.1. The predicted molar refractivity (Wildman–Crippen MR) is 192 cm³/mol. The van der Waals surface area contributed by atoms with Crippen LogP contribution < -0.4 is 10.6 Å². The van der Waals surface area contributed by atoms with E-state index in [2.05, 4.69) is 145 Å². The maximum atomic E-state index is 4.25. The third kappa shape index (κ3) is 4.62. The van der Waals surface area contributed by atoms with Crippen LogP contribution in [-0.2, 0) is 25.7 Å². The Hall–Kier alpha value is -5.15. The zero-order valence-corrected chi connectivity index (χ0v) is 25.2. The average Bonchev–Trinajstić information content (AvgIpc) is 3.34. The summed E-state index contributed by atoms with van der Waals surface area (Å²) in [7, 11) is 4.25. The quantitative estimate of drug-likeness (QED) is 0.185. The van der Waals surface area contributed by atoms with Crippen molar-refractivity contribution in [3.63, 3.8) is 0 Å². The molecular formula is C42H33BN2. The number of rotatable bonds is 7. The van der Waals surface area contributed by atoms with Crippen LogP contribution >= 0.6 is 0 Å². The molecule has 3 heteroatoms. The van der Waals surface area contributed by atoms with Gasteiger partial charge in [-0.25, -0.2) is 0 Å². The van der Waals surface area contributed by atoms with Crippen LogP contribution in [0.15, 0.2) is 121 Å². The van der Waals surface area contributed by atoms with E-state index in [1.165, 1.54) is 92.4 Å². The van der Waals surface area contributed by atoms with Crippen LogP contribution in [-0.4, -0.2) is 13.5 Å². The van der Waals surface area contributed by atoms with Crippen LogP contribution in [0.4, 0.5) is 22.7 Å². The van der Waals surface area contributed by atoms with Crippen molar-refractivity contribution >= 4 is 36.2 Å². The Kier molecular flexibility index (Phi) is 6.12. The number of anilines is 4. The third-order valence-electron chi connectivity index (χ3n) is 10.0. The predicted octanol–water partition coefficient (Wildman–Crippen LogP) is 9.52. The van der Waals surface area contributed by atoms with Gasteiger partial charge in [0, 0.05) is 0 Å². The van der Waals surface area contributed by atoms with Crippen molar-refractivity contribution in [1.82, 2.24) is 0 Å².